The minimum atomic E-state index is -3.27. The molecule has 0 bridgehead atoms. The molecule has 0 aromatic heterocycles. The van der Waals surface area contributed by atoms with Gasteiger partial charge < -0.3 is 5.32 Å². The van der Waals surface area contributed by atoms with Crippen LogP contribution >= 0.6 is 11.6 Å². The Hall–Kier alpha value is -0.620. The minimum Gasteiger partial charge on any atom is -0.312 e. The molecule has 0 unspecified atom stereocenters. The van der Waals surface area contributed by atoms with Crippen LogP contribution in [-0.2, 0) is 15.8 Å². The first-order valence-corrected chi connectivity index (χ1v) is 9.88. The number of benzene rings is 1. The molecule has 1 atom stereocenters. The SMILES string of the molecule is C[C@]1(CCCCNS(=O)(=O)Cc2ccc(Cl)cc2)CCCN1. The van der Waals surface area contributed by atoms with Gasteiger partial charge in [-0.3, -0.25) is 0 Å². The maximum atomic E-state index is 12.0. The van der Waals surface area contributed by atoms with Crippen molar-refractivity contribution in [2.75, 3.05) is 13.1 Å². The lowest BCUT2D eigenvalue weighted by atomic mass is 9.93. The highest BCUT2D eigenvalue weighted by atomic mass is 35.5. The quantitative estimate of drug-likeness (QED) is 0.712. The van der Waals surface area contributed by atoms with Crippen molar-refractivity contribution < 1.29 is 8.42 Å². The van der Waals surface area contributed by atoms with Gasteiger partial charge in [0.1, 0.15) is 0 Å². The van der Waals surface area contributed by atoms with Crippen molar-refractivity contribution in [2.45, 2.75) is 50.3 Å². The Morgan fingerprint density at radius 2 is 2.00 bits per heavy atom. The topological polar surface area (TPSA) is 58.2 Å². The zero-order chi connectivity index (χ0) is 16.1. The van der Waals surface area contributed by atoms with E-state index in [0.717, 1.165) is 31.4 Å². The highest BCUT2D eigenvalue weighted by Gasteiger charge is 2.26. The lowest BCUT2D eigenvalue weighted by molar-refractivity contribution is 0.369. The van der Waals surface area contributed by atoms with Gasteiger partial charge in [0.2, 0.25) is 10.0 Å². The fourth-order valence-electron chi connectivity index (χ4n) is 2.89. The first-order valence-electron chi connectivity index (χ1n) is 7.85. The van der Waals surface area contributed by atoms with Crippen molar-refractivity contribution in [1.29, 1.82) is 0 Å². The lowest BCUT2D eigenvalue weighted by Crippen LogP contribution is -2.36. The van der Waals surface area contributed by atoms with Crippen LogP contribution in [0.2, 0.25) is 5.02 Å². The van der Waals surface area contributed by atoms with Crippen LogP contribution < -0.4 is 10.0 Å². The molecule has 2 rings (SSSR count). The van der Waals surface area contributed by atoms with Crippen molar-refractivity contribution in [3.05, 3.63) is 34.9 Å². The molecule has 1 saturated heterocycles. The van der Waals surface area contributed by atoms with Crippen LogP contribution in [0.1, 0.15) is 44.6 Å². The van der Waals surface area contributed by atoms with E-state index >= 15 is 0 Å². The van der Waals surface area contributed by atoms with Crippen LogP contribution in [0.15, 0.2) is 24.3 Å². The summed E-state index contributed by atoms with van der Waals surface area (Å²) in [5, 5.41) is 4.14. The summed E-state index contributed by atoms with van der Waals surface area (Å²) in [6, 6.07) is 6.91. The molecule has 0 radical (unpaired) electrons. The zero-order valence-electron chi connectivity index (χ0n) is 13.1. The Balaban J connectivity index is 1.68. The summed E-state index contributed by atoms with van der Waals surface area (Å²) in [5.41, 5.74) is 1.00. The van der Waals surface area contributed by atoms with Crippen molar-refractivity contribution in [2.24, 2.45) is 0 Å². The number of hydrogen-bond donors (Lipinski definition) is 2. The van der Waals surface area contributed by atoms with Crippen LogP contribution in [0.3, 0.4) is 0 Å². The molecule has 1 aliphatic heterocycles. The predicted molar refractivity (Wildman–Crippen MR) is 91.6 cm³/mol. The van der Waals surface area contributed by atoms with Crippen LogP contribution in [0.25, 0.3) is 0 Å². The van der Waals surface area contributed by atoms with Crippen LogP contribution in [-0.4, -0.2) is 27.0 Å². The fourth-order valence-corrected chi connectivity index (χ4v) is 4.20. The molecule has 6 heteroatoms. The summed E-state index contributed by atoms with van der Waals surface area (Å²) < 4.78 is 26.7. The second-order valence-corrected chi connectivity index (χ2v) is 8.57. The van der Waals surface area contributed by atoms with Gasteiger partial charge in [0.05, 0.1) is 5.75 Å². The Kier molecular flexibility index (Phi) is 6.26. The smallest absolute Gasteiger partial charge is 0.215 e. The summed E-state index contributed by atoms with van der Waals surface area (Å²) in [4.78, 5) is 0. The van der Waals surface area contributed by atoms with Gasteiger partial charge in [-0.25, -0.2) is 13.1 Å². The molecule has 0 aliphatic carbocycles. The maximum absolute atomic E-state index is 12.0. The van der Waals surface area contributed by atoms with Crippen LogP contribution in [0, 0.1) is 0 Å². The fraction of sp³-hybridized carbons (Fsp3) is 0.625. The molecule has 0 spiro atoms. The second kappa shape index (κ2) is 7.77. The number of unbranched alkanes of at least 4 members (excludes halogenated alkanes) is 1. The monoisotopic (exact) mass is 344 g/mol. The van der Waals surface area contributed by atoms with Gasteiger partial charge in [0, 0.05) is 17.1 Å². The summed E-state index contributed by atoms with van der Waals surface area (Å²) in [6.45, 7) is 3.86. The third kappa shape index (κ3) is 5.88. The number of halogens is 1. The van der Waals surface area contributed by atoms with E-state index in [-0.39, 0.29) is 11.3 Å². The van der Waals surface area contributed by atoms with E-state index in [1.54, 1.807) is 24.3 Å². The van der Waals surface area contributed by atoms with Crippen molar-refractivity contribution in [3.8, 4) is 0 Å². The van der Waals surface area contributed by atoms with Gasteiger partial charge in [-0.05, 0) is 56.8 Å². The van der Waals surface area contributed by atoms with E-state index in [0.29, 0.717) is 11.6 Å². The van der Waals surface area contributed by atoms with Gasteiger partial charge >= 0.3 is 0 Å². The molecule has 4 nitrogen and oxygen atoms in total. The summed E-state index contributed by atoms with van der Waals surface area (Å²) >= 11 is 5.80. The zero-order valence-corrected chi connectivity index (χ0v) is 14.6. The normalized spacial score (nSPS) is 22.1. The highest BCUT2D eigenvalue weighted by molar-refractivity contribution is 7.88. The molecule has 1 aliphatic rings. The van der Waals surface area contributed by atoms with Crippen LogP contribution in [0.4, 0.5) is 0 Å². The van der Waals surface area contributed by atoms with Crippen molar-refractivity contribution >= 4 is 21.6 Å². The first kappa shape index (κ1) is 17.7. The molecule has 1 fully saturated rings. The number of hydrogen-bond acceptors (Lipinski definition) is 3. The van der Waals surface area contributed by atoms with Crippen molar-refractivity contribution in [1.82, 2.24) is 10.0 Å². The average Bonchev–Trinajstić information content (AvgIpc) is 2.88. The third-order valence-corrected chi connectivity index (χ3v) is 5.81. The second-order valence-electron chi connectivity index (χ2n) is 6.33. The number of nitrogens with one attached hydrogen (secondary N) is 2. The van der Waals surface area contributed by atoms with E-state index in [1.807, 2.05) is 0 Å². The third-order valence-electron chi connectivity index (χ3n) is 4.20. The van der Waals surface area contributed by atoms with Gasteiger partial charge in [-0.1, -0.05) is 30.2 Å². The summed E-state index contributed by atoms with van der Waals surface area (Å²) in [7, 11) is -3.27. The minimum absolute atomic E-state index is 0.00341. The maximum Gasteiger partial charge on any atom is 0.215 e. The van der Waals surface area contributed by atoms with E-state index in [4.69, 9.17) is 11.6 Å². The standard InChI is InChI=1S/C16H25ClN2O2S/c1-16(10-4-11-18-16)9-2-3-12-19-22(20,21)13-14-5-7-15(17)8-6-14/h5-8,18-19H,2-4,9-13H2,1H3/t16-/m0/s1. The van der Waals surface area contributed by atoms with Crippen molar-refractivity contribution in [3.63, 3.8) is 0 Å². The average molecular weight is 345 g/mol. The Morgan fingerprint density at radius 1 is 1.27 bits per heavy atom. The van der Waals surface area contributed by atoms with Crippen LogP contribution in [0.5, 0.6) is 0 Å². The molecule has 0 amide bonds. The van der Waals surface area contributed by atoms with E-state index < -0.39 is 10.0 Å². The predicted octanol–water partition coefficient (Wildman–Crippen LogP) is 3.07. The van der Waals surface area contributed by atoms with Gasteiger partial charge in [0.25, 0.3) is 0 Å². The summed E-state index contributed by atoms with van der Waals surface area (Å²) in [5.74, 6) is 0.00341. The van der Waals surface area contributed by atoms with E-state index in [1.165, 1.54) is 12.8 Å². The number of rotatable bonds is 8. The molecular weight excluding hydrogens is 320 g/mol. The molecular formula is C16H25ClN2O2S. The Morgan fingerprint density at radius 3 is 2.64 bits per heavy atom. The molecule has 1 aromatic rings. The molecule has 1 aromatic carbocycles. The van der Waals surface area contributed by atoms with E-state index in [9.17, 15) is 8.42 Å². The molecule has 2 N–H and O–H groups in total. The number of sulfonamides is 1. The largest absolute Gasteiger partial charge is 0.312 e. The molecule has 0 saturated carbocycles. The molecule has 22 heavy (non-hydrogen) atoms. The van der Waals surface area contributed by atoms with Gasteiger partial charge in [-0.2, -0.15) is 0 Å². The Labute approximate surface area is 138 Å². The van der Waals surface area contributed by atoms with E-state index in [2.05, 4.69) is 17.0 Å². The van der Waals surface area contributed by atoms with Gasteiger partial charge in [-0.15, -0.1) is 0 Å². The Bertz CT molecular complexity index is 566. The summed E-state index contributed by atoms with van der Waals surface area (Å²) in [6.07, 6.45) is 5.47. The molecule has 124 valence electrons. The lowest BCUT2D eigenvalue weighted by Gasteiger charge is -2.24. The highest BCUT2D eigenvalue weighted by Crippen LogP contribution is 2.24. The molecule has 1 heterocycles. The van der Waals surface area contributed by atoms with Gasteiger partial charge in [0.15, 0.2) is 0 Å². The first-order chi connectivity index (χ1) is 10.4.